The van der Waals surface area contributed by atoms with Crippen LogP contribution in [-0.2, 0) is 10.0 Å². The van der Waals surface area contributed by atoms with Crippen LogP contribution >= 0.6 is 12.2 Å². The van der Waals surface area contributed by atoms with Gasteiger partial charge in [-0.15, -0.1) is 0 Å². The van der Waals surface area contributed by atoms with E-state index in [1.54, 1.807) is 18.2 Å². The predicted octanol–water partition coefficient (Wildman–Crippen LogP) is 3.78. The SMILES string of the molecule is CC1CC(NC(=S)Nc2ccc(S(=O)(=O)Nc3ncccn3)cc2)CC(C)(C)C1. The lowest BCUT2D eigenvalue weighted by atomic mass is 9.71. The van der Waals surface area contributed by atoms with Crippen LogP contribution in [0.25, 0.3) is 0 Å². The average molecular weight is 434 g/mol. The summed E-state index contributed by atoms with van der Waals surface area (Å²) in [7, 11) is -3.75. The molecule has 1 aliphatic rings. The van der Waals surface area contributed by atoms with E-state index >= 15 is 0 Å². The fraction of sp³-hybridized carbons (Fsp3) is 0.450. The minimum absolute atomic E-state index is 0.0321. The fourth-order valence-corrected chi connectivity index (χ4v) is 5.30. The van der Waals surface area contributed by atoms with Crippen LogP contribution in [0, 0.1) is 11.3 Å². The number of aromatic nitrogens is 2. The smallest absolute Gasteiger partial charge is 0.264 e. The standard InChI is InChI=1S/C20H27N5O2S2/c1-14-11-16(13-20(2,3)12-14)24-19(28)23-15-5-7-17(8-6-15)29(26,27)25-18-21-9-4-10-22-18/h4-10,14,16H,11-13H2,1-3H3,(H,21,22,25)(H2,23,24,28). The van der Waals surface area contributed by atoms with Crippen molar-refractivity contribution in [3.8, 4) is 0 Å². The number of nitrogens with zero attached hydrogens (tertiary/aromatic N) is 2. The molecular weight excluding hydrogens is 406 g/mol. The highest BCUT2D eigenvalue weighted by Crippen LogP contribution is 2.38. The summed E-state index contributed by atoms with van der Waals surface area (Å²) >= 11 is 5.45. The Morgan fingerprint density at radius 1 is 1.14 bits per heavy atom. The van der Waals surface area contributed by atoms with Gasteiger partial charge in [-0.25, -0.2) is 23.1 Å². The highest BCUT2D eigenvalue weighted by molar-refractivity contribution is 7.92. The third-order valence-electron chi connectivity index (χ3n) is 4.94. The van der Waals surface area contributed by atoms with Crippen molar-refractivity contribution in [2.24, 2.45) is 11.3 Å². The average Bonchev–Trinajstić information content (AvgIpc) is 2.60. The van der Waals surface area contributed by atoms with Gasteiger partial charge in [0.15, 0.2) is 5.11 Å². The van der Waals surface area contributed by atoms with Gasteiger partial charge in [-0.05, 0) is 73.1 Å². The van der Waals surface area contributed by atoms with Gasteiger partial charge in [-0.2, -0.15) is 0 Å². The molecule has 0 bridgehead atoms. The minimum Gasteiger partial charge on any atom is -0.360 e. The number of nitrogens with one attached hydrogen (secondary N) is 3. The van der Waals surface area contributed by atoms with E-state index in [9.17, 15) is 8.42 Å². The summed E-state index contributed by atoms with van der Waals surface area (Å²) in [5.74, 6) is 0.689. The predicted molar refractivity (Wildman–Crippen MR) is 119 cm³/mol. The molecule has 2 unspecified atom stereocenters. The lowest BCUT2D eigenvalue weighted by molar-refractivity contribution is 0.162. The van der Waals surface area contributed by atoms with E-state index in [4.69, 9.17) is 12.2 Å². The number of anilines is 2. The molecule has 1 fully saturated rings. The van der Waals surface area contributed by atoms with Gasteiger partial charge in [0.1, 0.15) is 0 Å². The Morgan fingerprint density at radius 2 is 1.79 bits per heavy atom. The Bertz CT molecular complexity index is 947. The van der Waals surface area contributed by atoms with E-state index in [2.05, 4.69) is 46.1 Å². The molecule has 1 aromatic heterocycles. The van der Waals surface area contributed by atoms with Crippen molar-refractivity contribution >= 4 is 39.0 Å². The molecular formula is C20H27N5O2S2. The molecule has 0 spiro atoms. The van der Waals surface area contributed by atoms with Crippen molar-refractivity contribution < 1.29 is 8.42 Å². The number of hydrogen-bond donors (Lipinski definition) is 3. The van der Waals surface area contributed by atoms with Crippen molar-refractivity contribution in [1.29, 1.82) is 0 Å². The molecule has 2 aromatic rings. The van der Waals surface area contributed by atoms with Crippen LogP contribution in [0.3, 0.4) is 0 Å². The van der Waals surface area contributed by atoms with Crippen LogP contribution in [0.15, 0.2) is 47.6 Å². The first-order valence-corrected chi connectivity index (χ1v) is 11.5. The fourth-order valence-electron chi connectivity index (χ4n) is 4.06. The maximum absolute atomic E-state index is 12.4. The Labute approximate surface area is 177 Å². The van der Waals surface area contributed by atoms with Gasteiger partial charge in [-0.3, -0.25) is 0 Å². The lowest BCUT2D eigenvalue weighted by Crippen LogP contribution is -2.44. The highest BCUT2D eigenvalue weighted by Gasteiger charge is 2.32. The summed E-state index contributed by atoms with van der Waals surface area (Å²) in [6, 6.07) is 8.35. The summed E-state index contributed by atoms with van der Waals surface area (Å²) in [6.07, 6.45) is 6.34. The van der Waals surface area contributed by atoms with Crippen molar-refractivity contribution in [2.45, 2.75) is 51.0 Å². The Morgan fingerprint density at radius 3 is 2.41 bits per heavy atom. The molecule has 0 amide bonds. The van der Waals surface area contributed by atoms with Crippen LogP contribution in [0.1, 0.15) is 40.0 Å². The van der Waals surface area contributed by atoms with Gasteiger partial charge in [0, 0.05) is 24.1 Å². The third kappa shape index (κ3) is 6.11. The van der Waals surface area contributed by atoms with E-state index in [0.717, 1.165) is 18.5 Å². The summed E-state index contributed by atoms with van der Waals surface area (Å²) in [6.45, 7) is 6.86. The zero-order valence-corrected chi connectivity index (χ0v) is 18.5. The number of rotatable bonds is 5. The van der Waals surface area contributed by atoms with Gasteiger partial charge in [0.2, 0.25) is 5.95 Å². The molecule has 0 aliphatic heterocycles. The maximum atomic E-state index is 12.4. The number of hydrogen-bond acceptors (Lipinski definition) is 5. The molecule has 9 heteroatoms. The Kier molecular flexibility index (Phi) is 6.38. The van der Waals surface area contributed by atoms with Gasteiger partial charge in [0.25, 0.3) is 10.0 Å². The number of thiocarbonyl (C=S) groups is 1. The van der Waals surface area contributed by atoms with Crippen LogP contribution in [-0.4, -0.2) is 29.5 Å². The van der Waals surface area contributed by atoms with Crippen molar-refractivity contribution in [3.63, 3.8) is 0 Å². The second-order valence-corrected chi connectivity index (χ2v) is 10.5. The molecule has 1 aliphatic carbocycles. The highest BCUT2D eigenvalue weighted by atomic mass is 32.2. The van der Waals surface area contributed by atoms with Gasteiger partial charge >= 0.3 is 0 Å². The molecule has 3 rings (SSSR count). The minimum atomic E-state index is -3.75. The first-order valence-electron chi connectivity index (χ1n) is 9.60. The second kappa shape index (κ2) is 8.62. The van der Waals surface area contributed by atoms with Crippen LogP contribution in [0.4, 0.5) is 11.6 Å². The Balaban J connectivity index is 1.59. The molecule has 1 heterocycles. The second-order valence-electron chi connectivity index (χ2n) is 8.41. The largest absolute Gasteiger partial charge is 0.360 e. The summed E-state index contributed by atoms with van der Waals surface area (Å²) in [5.41, 5.74) is 1.02. The zero-order chi connectivity index (χ0) is 21.1. The van der Waals surface area contributed by atoms with E-state index in [1.165, 1.54) is 30.9 Å². The van der Waals surface area contributed by atoms with E-state index in [1.807, 2.05) is 0 Å². The molecule has 156 valence electrons. The normalized spacial score (nSPS) is 21.2. The number of benzene rings is 1. The van der Waals surface area contributed by atoms with Gasteiger partial charge in [-0.1, -0.05) is 20.8 Å². The first kappa shape index (κ1) is 21.4. The van der Waals surface area contributed by atoms with Crippen LogP contribution in [0.2, 0.25) is 0 Å². The summed E-state index contributed by atoms with van der Waals surface area (Å²) in [4.78, 5) is 7.88. The quantitative estimate of drug-likeness (QED) is 0.618. The van der Waals surface area contributed by atoms with E-state index < -0.39 is 10.0 Å². The van der Waals surface area contributed by atoms with Gasteiger partial charge < -0.3 is 10.6 Å². The summed E-state index contributed by atoms with van der Waals surface area (Å²) in [5, 5.41) is 7.09. The monoisotopic (exact) mass is 433 g/mol. The number of sulfonamides is 1. The molecule has 0 radical (unpaired) electrons. The molecule has 0 saturated heterocycles. The molecule has 3 N–H and O–H groups in total. The van der Waals surface area contributed by atoms with Crippen molar-refractivity contribution in [1.82, 2.24) is 15.3 Å². The maximum Gasteiger partial charge on any atom is 0.264 e. The van der Waals surface area contributed by atoms with Crippen molar-refractivity contribution in [2.75, 3.05) is 10.0 Å². The molecule has 1 aromatic carbocycles. The molecule has 7 nitrogen and oxygen atoms in total. The summed E-state index contributed by atoms with van der Waals surface area (Å²) < 4.78 is 27.2. The molecule has 29 heavy (non-hydrogen) atoms. The topological polar surface area (TPSA) is 96.0 Å². The first-order chi connectivity index (χ1) is 13.6. The van der Waals surface area contributed by atoms with E-state index in [-0.39, 0.29) is 10.8 Å². The molecule has 2 atom stereocenters. The van der Waals surface area contributed by atoms with Crippen molar-refractivity contribution in [3.05, 3.63) is 42.7 Å². The Hall–Kier alpha value is -2.26. The third-order valence-corrected chi connectivity index (χ3v) is 6.50. The van der Waals surface area contributed by atoms with E-state index in [0.29, 0.717) is 22.5 Å². The molecule has 1 saturated carbocycles. The van der Waals surface area contributed by atoms with Crippen LogP contribution in [0.5, 0.6) is 0 Å². The zero-order valence-electron chi connectivity index (χ0n) is 16.8. The van der Waals surface area contributed by atoms with Crippen LogP contribution < -0.4 is 15.4 Å². The lowest BCUT2D eigenvalue weighted by Gasteiger charge is -2.39. The van der Waals surface area contributed by atoms with Gasteiger partial charge in [0.05, 0.1) is 4.90 Å².